The summed E-state index contributed by atoms with van der Waals surface area (Å²) in [6, 6.07) is 20.6. The Hall–Kier alpha value is -3.88. The second kappa shape index (κ2) is 9.72. The lowest BCUT2D eigenvalue weighted by molar-refractivity contribution is 0.0697. The lowest BCUT2D eigenvalue weighted by atomic mass is 10.0. The minimum Gasteiger partial charge on any atom is -0.478 e. The molecule has 1 N–H and O–H groups in total. The summed E-state index contributed by atoms with van der Waals surface area (Å²) >= 11 is 6.25. The number of carboxylic acids is 1. The lowest BCUT2D eigenvalue weighted by Crippen LogP contribution is -1.98. The molecule has 1 heterocycles. The van der Waals surface area contributed by atoms with Gasteiger partial charge in [-0.2, -0.15) is 5.26 Å². The number of aryl methyl sites for hydroxylation is 2. The van der Waals surface area contributed by atoms with E-state index in [9.17, 15) is 14.4 Å². The first-order valence-electron chi connectivity index (χ1n) is 10.4. The van der Waals surface area contributed by atoms with E-state index in [1.54, 1.807) is 24.3 Å². The van der Waals surface area contributed by atoms with Crippen molar-refractivity contribution in [1.29, 1.82) is 5.26 Å². The lowest BCUT2D eigenvalue weighted by Gasteiger charge is -2.06. The fourth-order valence-electron chi connectivity index (χ4n) is 3.83. The third-order valence-electron chi connectivity index (χ3n) is 5.52. The fourth-order valence-corrected chi connectivity index (χ4v) is 3.99. The van der Waals surface area contributed by atoms with Crippen LogP contribution in [0, 0.1) is 17.1 Å². The molecule has 1 aromatic heterocycles. The molecule has 33 heavy (non-hydrogen) atoms. The molecule has 0 atom stereocenters. The normalized spacial score (nSPS) is 11.5. The molecule has 0 saturated carbocycles. The molecule has 0 unspecified atom stereocenters. The van der Waals surface area contributed by atoms with Gasteiger partial charge in [0.1, 0.15) is 5.82 Å². The van der Waals surface area contributed by atoms with Crippen LogP contribution in [0.3, 0.4) is 0 Å². The molecular formula is C27H20ClFN2O2. The predicted octanol–water partition coefficient (Wildman–Crippen LogP) is 6.83. The molecule has 4 rings (SSSR count). The summed E-state index contributed by atoms with van der Waals surface area (Å²) in [5.74, 6) is -1.25. The van der Waals surface area contributed by atoms with Crippen molar-refractivity contribution >= 4 is 40.1 Å². The quantitative estimate of drug-likeness (QED) is 0.309. The molecule has 0 spiro atoms. The second-order valence-corrected chi connectivity index (χ2v) is 8.16. The Morgan fingerprint density at radius 2 is 1.76 bits per heavy atom. The van der Waals surface area contributed by atoms with Crippen molar-refractivity contribution in [2.24, 2.45) is 0 Å². The number of carbonyl (C=O) groups is 1. The molecule has 3 aromatic carbocycles. The number of halogens is 2. The minimum absolute atomic E-state index is 0.170. The molecule has 0 aliphatic heterocycles. The number of aromatic nitrogens is 1. The number of benzene rings is 3. The summed E-state index contributed by atoms with van der Waals surface area (Å²) in [7, 11) is 0. The van der Waals surface area contributed by atoms with E-state index in [0.29, 0.717) is 16.2 Å². The highest BCUT2D eigenvalue weighted by molar-refractivity contribution is 6.31. The monoisotopic (exact) mass is 458 g/mol. The number of aromatic carboxylic acids is 1. The smallest absolute Gasteiger partial charge is 0.335 e. The van der Waals surface area contributed by atoms with E-state index in [4.69, 9.17) is 16.7 Å². The van der Waals surface area contributed by atoms with Gasteiger partial charge in [0.2, 0.25) is 0 Å². The van der Waals surface area contributed by atoms with Gasteiger partial charge in [-0.15, -0.1) is 0 Å². The first-order chi connectivity index (χ1) is 15.9. The Labute approximate surface area is 195 Å². The molecule has 0 fully saturated rings. The predicted molar refractivity (Wildman–Crippen MR) is 129 cm³/mol. The van der Waals surface area contributed by atoms with Gasteiger partial charge in [-0.1, -0.05) is 41.9 Å². The number of nitriles is 1. The van der Waals surface area contributed by atoms with Crippen LogP contribution in [-0.2, 0) is 13.0 Å². The van der Waals surface area contributed by atoms with Crippen LogP contribution in [-0.4, -0.2) is 15.6 Å². The van der Waals surface area contributed by atoms with Crippen LogP contribution in [0.15, 0.2) is 72.9 Å². The van der Waals surface area contributed by atoms with Crippen LogP contribution in [0.25, 0.3) is 22.6 Å². The van der Waals surface area contributed by atoms with Gasteiger partial charge in [0.15, 0.2) is 0 Å². The van der Waals surface area contributed by atoms with Crippen LogP contribution in [0.1, 0.15) is 33.5 Å². The van der Waals surface area contributed by atoms with Crippen molar-refractivity contribution in [3.8, 4) is 6.07 Å². The molecule has 6 heteroatoms. The second-order valence-electron chi connectivity index (χ2n) is 7.72. The van der Waals surface area contributed by atoms with Crippen molar-refractivity contribution < 1.29 is 14.3 Å². The van der Waals surface area contributed by atoms with Crippen molar-refractivity contribution in [3.05, 3.63) is 106 Å². The maximum Gasteiger partial charge on any atom is 0.335 e. The molecule has 0 radical (unpaired) electrons. The molecule has 164 valence electrons. The number of carboxylic acid groups (broad SMARTS) is 1. The van der Waals surface area contributed by atoms with Gasteiger partial charge in [-0.05, 0) is 66.4 Å². The topological polar surface area (TPSA) is 66.0 Å². The van der Waals surface area contributed by atoms with E-state index in [-0.39, 0.29) is 11.4 Å². The van der Waals surface area contributed by atoms with Gasteiger partial charge in [0, 0.05) is 28.7 Å². The highest BCUT2D eigenvalue weighted by Crippen LogP contribution is 2.29. The van der Waals surface area contributed by atoms with Gasteiger partial charge in [-0.25, -0.2) is 9.18 Å². The number of rotatable bonds is 7. The first kappa shape index (κ1) is 22.3. The third-order valence-corrected chi connectivity index (χ3v) is 5.75. The summed E-state index contributed by atoms with van der Waals surface area (Å²) in [4.78, 5) is 11.1. The van der Waals surface area contributed by atoms with E-state index in [2.05, 4.69) is 10.6 Å². The van der Waals surface area contributed by atoms with Crippen LogP contribution in [0.5, 0.6) is 0 Å². The Morgan fingerprint density at radius 3 is 2.42 bits per heavy atom. The zero-order chi connectivity index (χ0) is 23.4. The highest BCUT2D eigenvalue weighted by Gasteiger charge is 2.11. The molecule has 4 nitrogen and oxygen atoms in total. The van der Waals surface area contributed by atoms with Crippen LogP contribution in [0.2, 0.25) is 5.02 Å². The Kier molecular flexibility index (Phi) is 6.58. The van der Waals surface area contributed by atoms with Gasteiger partial charge >= 0.3 is 5.97 Å². The van der Waals surface area contributed by atoms with Crippen molar-refractivity contribution in [3.63, 3.8) is 0 Å². The van der Waals surface area contributed by atoms with Crippen LogP contribution in [0.4, 0.5) is 4.39 Å². The van der Waals surface area contributed by atoms with E-state index in [1.807, 2.05) is 30.5 Å². The van der Waals surface area contributed by atoms with E-state index < -0.39 is 5.97 Å². The number of nitrogens with zero attached hydrogens (tertiary/aromatic N) is 2. The van der Waals surface area contributed by atoms with Crippen molar-refractivity contribution in [2.45, 2.75) is 19.4 Å². The largest absolute Gasteiger partial charge is 0.478 e. The average molecular weight is 459 g/mol. The van der Waals surface area contributed by atoms with E-state index >= 15 is 0 Å². The SMILES string of the molecule is N#CC(=Cc1cn(CCCc2ccc(F)cc2)c2cc(Cl)ccc12)c1ccc(C(=O)O)cc1. The van der Waals surface area contributed by atoms with Crippen molar-refractivity contribution in [2.75, 3.05) is 0 Å². The molecular weight excluding hydrogens is 439 g/mol. The Morgan fingerprint density at radius 1 is 1.06 bits per heavy atom. The number of hydrogen-bond acceptors (Lipinski definition) is 2. The zero-order valence-electron chi connectivity index (χ0n) is 17.6. The Bertz CT molecular complexity index is 1380. The van der Waals surface area contributed by atoms with Crippen LogP contribution < -0.4 is 0 Å². The fraction of sp³-hybridized carbons (Fsp3) is 0.111. The maximum atomic E-state index is 13.1. The Balaban J connectivity index is 1.63. The zero-order valence-corrected chi connectivity index (χ0v) is 18.4. The summed E-state index contributed by atoms with van der Waals surface area (Å²) in [6.07, 6.45) is 5.47. The molecule has 0 aliphatic rings. The maximum absolute atomic E-state index is 13.1. The molecule has 0 bridgehead atoms. The molecule has 0 amide bonds. The summed E-state index contributed by atoms with van der Waals surface area (Å²) in [5, 5.41) is 20.4. The standard InChI is InChI=1S/C27H20ClFN2O2/c28-23-9-12-25-22(14-21(16-30)19-5-7-20(8-6-19)27(32)33)17-31(26(25)15-23)13-1-2-18-3-10-24(29)11-4-18/h3-12,14-15,17H,1-2,13H2,(H,32,33). The summed E-state index contributed by atoms with van der Waals surface area (Å²) < 4.78 is 15.2. The summed E-state index contributed by atoms with van der Waals surface area (Å²) in [6.45, 7) is 0.733. The van der Waals surface area contributed by atoms with Gasteiger partial charge in [0.05, 0.1) is 22.7 Å². The minimum atomic E-state index is -1.01. The average Bonchev–Trinajstić information content (AvgIpc) is 3.15. The number of allylic oxidation sites excluding steroid dienone is 1. The molecule has 0 saturated heterocycles. The van der Waals surface area contributed by atoms with Gasteiger partial charge in [-0.3, -0.25) is 0 Å². The van der Waals surface area contributed by atoms with Gasteiger partial charge in [0.25, 0.3) is 0 Å². The third kappa shape index (κ3) is 5.14. The van der Waals surface area contributed by atoms with Gasteiger partial charge < -0.3 is 9.67 Å². The van der Waals surface area contributed by atoms with E-state index in [0.717, 1.165) is 41.4 Å². The summed E-state index contributed by atoms with van der Waals surface area (Å²) in [5.41, 5.74) is 4.17. The van der Waals surface area contributed by atoms with Crippen molar-refractivity contribution in [1.82, 2.24) is 4.57 Å². The van der Waals surface area contributed by atoms with E-state index in [1.165, 1.54) is 24.3 Å². The molecule has 0 aliphatic carbocycles. The van der Waals surface area contributed by atoms with Crippen LogP contribution >= 0.6 is 11.6 Å². The molecule has 4 aromatic rings. The number of fused-ring (bicyclic) bond motifs is 1. The first-order valence-corrected chi connectivity index (χ1v) is 10.8. The highest BCUT2D eigenvalue weighted by atomic mass is 35.5. The number of hydrogen-bond donors (Lipinski definition) is 1.